The first kappa shape index (κ1) is 30.0. The number of rotatable bonds is 8. The zero-order chi connectivity index (χ0) is 30.0. The number of fused-ring (bicyclic) bond motifs is 1. The van der Waals surface area contributed by atoms with Gasteiger partial charge in [-0.15, -0.1) is 11.3 Å². The fraction of sp³-hybridized carbons (Fsp3) is 0.455. The van der Waals surface area contributed by atoms with E-state index in [4.69, 9.17) is 0 Å². The SMILES string of the molecule is CN(C1CCCCC1)S(=O)(=O)c1ccc(C(=O)Nc2sc3c(c2C(=O)N2CCCC2)CCN(Cc2ccccc2)C3)cc1. The molecular formula is C33H40N4O4S2. The van der Waals surface area contributed by atoms with Gasteiger partial charge < -0.3 is 10.2 Å². The van der Waals surface area contributed by atoms with E-state index in [1.807, 2.05) is 23.1 Å². The standard InChI is InChI=1S/C33H40N4O4S2/c1-35(26-12-6-3-7-13-26)43(40,41)27-16-14-25(15-17-27)31(38)34-32-30(33(39)37-19-8-9-20-37)28-18-21-36(23-29(28)42-32)22-24-10-4-2-5-11-24/h2,4-5,10-11,14-17,26H,3,6-9,12-13,18-23H2,1H3,(H,34,38). The van der Waals surface area contributed by atoms with E-state index in [0.29, 0.717) is 16.1 Å². The molecule has 6 rings (SSSR count). The zero-order valence-electron chi connectivity index (χ0n) is 24.8. The van der Waals surface area contributed by atoms with Crippen molar-refractivity contribution in [1.82, 2.24) is 14.1 Å². The van der Waals surface area contributed by atoms with Crippen molar-refractivity contribution in [1.29, 1.82) is 0 Å². The highest BCUT2D eigenvalue weighted by molar-refractivity contribution is 7.89. The van der Waals surface area contributed by atoms with Crippen LogP contribution in [-0.2, 0) is 29.5 Å². The Kier molecular flexibility index (Phi) is 9.00. The lowest BCUT2D eigenvalue weighted by atomic mass is 9.96. The first-order chi connectivity index (χ1) is 20.8. The number of thiophene rings is 1. The van der Waals surface area contributed by atoms with Crippen molar-refractivity contribution in [3.63, 3.8) is 0 Å². The molecule has 3 aliphatic rings. The number of carbonyl (C=O) groups excluding carboxylic acids is 2. The molecule has 10 heteroatoms. The second-order valence-corrected chi connectivity index (χ2v) is 15.0. The van der Waals surface area contributed by atoms with Crippen molar-refractivity contribution in [3.8, 4) is 0 Å². The molecule has 2 amide bonds. The summed E-state index contributed by atoms with van der Waals surface area (Å²) in [5.74, 6) is -0.353. The molecule has 2 aliphatic heterocycles. The van der Waals surface area contributed by atoms with Gasteiger partial charge in [0.1, 0.15) is 5.00 Å². The van der Waals surface area contributed by atoms with E-state index in [2.05, 4.69) is 22.3 Å². The quantitative estimate of drug-likeness (QED) is 0.347. The predicted octanol–water partition coefficient (Wildman–Crippen LogP) is 5.75. The highest BCUT2D eigenvalue weighted by atomic mass is 32.2. The molecular weight excluding hydrogens is 581 g/mol. The van der Waals surface area contributed by atoms with Crippen LogP contribution in [0.2, 0.25) is 0 Å². The molecule has 0 radical (unpaired) electrons. The molecule has 8 nitrogen and oxygen atoms in total. The Morgan fingerprint density at radius 2 is 1.63 bits per heavy atom. The minimum absolute atomic E-state index is 0.00556. The molecule has 0 spiro atoms. The number of nitrogens with zero attached hydrogens (tertiary/aromatic N) is 3. The molecule has 1 N–H and O–H groups in total. The number of amides is 2. The van der Waals surface area contributed by atoms with E-state index in [1.165, 1.54) is 33.3 Å². The predicted molar refractivity (Wildman–Crippen MR) is 170 cm³/mol. The fourth-order valence-corrected chi connectivity index (χ4v) is 9.28. The number of sulfonamides is 1. The summed E-state index contributed by atoms with van der Waals surface area (Å²) in [5.41, 5.74) is 3.28. The third-order valence-electron chi connectivity index (χ3n) is 9.10. The Bertz CT molecular complexity index is 1560. The lowest BCUT2D eigenvalue weighted by Crippen LogP contribution is -2.38. The monoisotopic (exact) mass is 620 g/mol. The second-order valence-electron chi connectivity index (χ2n) is 11.9. The summed E-state index contributed by atoms with van der Waals surface area (Å²) in [6.07, 6.45) is 7.74. The van der Waals surface area contributed by atoms with Gasteiger partial charge in [-0.05, 0) is 67.5 Å². The summed E-state index contributed by atoms with van der Waals surface area (Å²) in [4.78, 5) is 32.8. The average molecular weight is 621 g/mol. The van der Waals surface area contributed by atoms with Crippen LogP contribution < -0.4 is 5.32 Å². The van der Waals surface area contributed by atoms with Crippen LogP contribution in [0.3, 0.4) is 0 Å². The number of carbonyl (C=O) groups is 2. The van der Waals surface area contributed by atoms with Gasteiger partial charge in [0.25, 0.3) is 11.8 Å². The van der Waals surface area contributed by atoms with Gasteiger partial charge >= 0.3 is 0 Å². The molecule has 1 aliphatic carbocycles. The Labute approximate surface area is 258 Å². The number of hydrogen-bond donors (Lipinski definition) is 1. The Morgan fingerprint density at radius 1 is 0.930 bits per heavy atom. The molecule has 0 bridgehead atoms. The number of anilines is 1. The van der Waals surface area contributed by atoms with Crippen LogP contribution in [0.25, 0.3) is 0 Å². The Morgan fingerprint density at radius 3 is 2.33 bits per heavy atom. The van der Waals surface area contributed by atoms with Gasteiger partial charge in [0.05, 0.1) is 10.5 Å². The summed E-state index contributed by atoms with van der Waals surface area (Å²) in [6.45, 7) is 3.88. The van der Waals surface area contributed by atoms with E-state index in [1.54, 1.807) is 19.2 Å². The molecule has 2 fully saturated rings. The maximum atomic E-state index is 13.7. The summed E-state index contributed by atoms with van der Waals surface area (Å²) < 4.78 is 28.1. The van der Waals surface area contributed by atoms with E-state index in [9.17, 15) is 18.0 Å². The molecule has 1 saturated carbocycles. The molecule has 0 unspecified atom stereocenters. The summed E-state index contributed by atoms with van der Waals surface area (Å²) in [5, 5.41) is 3.62. The Hall–Kier alpha value is -3.05. The molecule has 3 heterocycles. The molecule has 43 heavy (non-hydrogen) atoms. The lowest BCUT2D eigenvalue weighted by molar-refractivity contribution is 0.0792. The maximum absolute atomic E-state index is 13.7. The number of hydrogen-bond acceptors (Lipinski definition) is 6. The topological polar surface area (TPSA) is 90.0 Å². The van der Waals surface area contributed by atoms with Gasteiger partial charge in [-0.2, -0.15) is 4.31 Å². The minimum Gasteiger partial charge on any atom is -0.339 e. The van der Waals surface area contributed by atoms with Crippen molar-refractivity contribution in [2.45, 2.75) is 75.4 Å². The van der Waals surface area contributed by atoms with Crippen molar-refractivity contribution < 1.29 is 18.0 Å². The number of nitrogens with one attached hydrogen (secondary N) is 1. The second kappa shape index (κ2) is 12.9. The van der Waals surface area contributed by atoms with Crippen LogP contribution in [0, 0.1) is 0 Å². The molecule has 1 aromatic heterocycles. The van der Waals surface area contributed by atoms with Crippen molar-refractivity contribution in [3.05, 3.63) is 81.7 Å². The van der Waals surface area contributed by atoms with Crippen LogP contribution >= 0.6 is 11.3 Å². The first-order valence-electron chi connectivity index (χ1n) is 15.4. The fourth-order valence-electron chi connectivity index (χ4n) is 6.59. The van der Waals surface area contributed by atoms with E-state index in [-0.39, 0.29) is 22.8 Å². The molecule has 1 saturated heterocycles. The molecule has 3 aromatic rings. The molecule has 0 atom stereocenters. The third kappa shape index (κ3) is 6.43. The van der Waals surface area contributed by atoms with Crippen LogP contribution in [0.1, 0.15) is 81.7 Å². The van der Waals surface area contributed by atoms with Crippen LogP contribution in [0.5, 0.6) is 0 Å². The summed E-state index contributed by atoms with van der Waals surface area (Å²) in [6, 6.07) is 16.5. The van der Waals surface area contributed by atoms with E-state index >= 15 is 0 Å². The number of benzene rings is 2. The maximum Gasteiger partial charge on any atom is 0.257 e. The van der Waals surface area contributed by atoms with Crippen molar-refractivity contribution in [2.75, 3.05) is 32.0 Å². The van der Waals surface area contributed by atoms with Gasteiger partial charge in [-0.25, -0.2) is 8.42 Å². The number of likely N-dealkylation sites (tertiary alicyclic amines) is 1. The van der Waals surface area contributed by atoms with Crippen LogP contribution in [0.4, 0.5) is 5.00 Å². The van der Waals surface area contributed by atoms with Gasteiger partial charge in [0.15, 0.2) is 0 Å². The van der Waals surface area contributed by atoms with Gasteiger partial charge in [0.2, 0.25) is 10.0 Å². The summed E-state index contributed by atoms with van der Waals surface area (Å²) >= 11 is 1.49. The van der Waals surface area contributed by atoms with E-state index in [0.717, 1.165) is 94.5 Å². The Balaban J connectivity index is 1.21. The zero-order valence-corrected chi connectivity index (χ0v) is 26.4. The average Bonchev–Trinajstić information content (AvgIpc) is 3.70. The van der Waals surface area contributed by atoms with E-state index < -0.39 is 10.0 Å². The van der Waals surface area contributed by atoms with Gasteiger partial charge in [0, 0.05) is 56.3 Å². The van der Waals surface area contributed by atoms with Crippen LogP contribution in [-0.4, -0.2) is 67.1 Å². The van der Waals surface area contributed by atoms with Gasteiger partial charge in [-0.3, -0.25) is 14.5 Å². The molecule has 2 aromatic carbocycles. The normalized spacial score (nSPS) is 18.1. The van der Waals surface area contributed by atoms with Crippen molar-refractivity contribution in [2.24, 2.45) is 0 Å². The van der Waals surface area contributed by atoms with Crippen molar-refractivity contribution >= 4 is 38.2 Å². The highest BCUT2D eigenvalue weighted by Crippen LogP contribution is 2.39. The molecule has 228 valence electrons. The third-order valence-corrected chi connectivity index (χ3v) is 12.2. The first-order valence-corrected chi connectivity index (χ1v) is 17.7. The largest absolute Gasteiger partial charge is 0.339 e. The van der Waals surface area contributed by atoms with Gasteiger partial charge in [-0.1, -0.05) is 49.6 Å². The minimum atomic E-state index is -3.65. The smallest absolute Gasteiger partial charge is 0.257 e. The summed E-state index contributed by atoms with van der Waals surface area (Å²) in [7, 11) is -1.99. The highest BCUT2D eigenvalue weighted by Gasteiger charge is 2.33. The van der Waals surface area contributed by atoms with Crippen LogP contribution in [0.15, 0.2) is 59.5 Å². The lowest BCUT2D eigenvalue weighted by Gasteiger charge is -2.30.